The number of rotatable bonds is 4. The molecule has 1 fully saturated rings. The monoisotopic (exact) mass is 344 g/mol. The molecule has 0 saturated carbocycles. The number of phenols is 1. The van der Waals surface area contributed by atoms with Gasteiger partial charge in [-0.05, 0) is 30.3 Å². The average molecular weight is 344 g/mol. The third-order valence-corrected chi connectivity index (χ3v) is 4.83. The van der Waals surface area contributed by atoms with Gasteiger partial charge in [-0.25, -0.2) is 0 Å². The second-order valence-electron chi connectivity index (χ2n) is 6.24. The Kier molecular flexibility index (Phi) is 4.38. The topological polar surface area (TPSA) is 61.6 Å². The van der Waals surface area contributed by atoms with Gasteiger partial charge in [-0.2, -0.15) is 0 Å². The van der Waals surface area contributed by atoms with Gasteiger partial charge < -0.3 is 29.0 Å². The first kappa shape index (κ1) is 16.1. The lowest BCUT2D eigenvalue weighted by Gasteiger charge is -2.32. The van der Waals surface area contributed by atoms with Gasteiger partial charge in [0.05, 0.1) is 25.9 Å². The van der Waals surface area contributed by atoms with Crippen molar-refractivity contribution in [3.8, 4) is 23.0 Å². The molecular weight excluding hydrogens is 322 g/mol. The fourth-order valence-corrected chi connectivity index (χ4v) is 3.53. The fraction of sp³-hybridized carbons (Fsp3) is 0.368. The number of morpholine rings is 1. The van der Waals surface area contributed by atoms with Gasteiger partial charge in [0.15, 0.2) is 11.5 Å². The maximum atomic E-state index is 10.6. The largest absolute Gasteiger partial charge is 0.507 e. The molecule has 2 aliphatic heterocycles. The third kappa shape index (κ3) is 3.10. The smallest absolute Gasteiger partial charge is 0.231 e. The zero-order valence-corrected chi connectivity index (χ0v) is 14.2. The van der Waals surface area contributed by atoms with Gasteiger partial charge in [0.2, 0.25) is 6.79 Å². The lowest BCUT2D eigenvalue weighted by atomic mass is 9.95. The van der Waals surface area contributed by atoms with Crippen molar-refractivity contribution in [1.82, 2.24) is 0 Å². The van der Waals surface area contributed by atoms with Crippen LogP contribution in [-0.4, -0.2) is 45.3 Å². The minimum atomic E-state index is -0.00990. The van der Waals surface area contributed by atoms with Crippen molar-refractivity contribution in [1.29, 1.82) is 0 Å². The molecule has 6 nitrogen and oxygen atoms in total. The molecule has 0 radical (unpaired) electrons. The maximum absolute atomic E-state index is 10.6. The number of quaternary nitrogens is 1. The Morgan fingerprint density at radius 1 is 1.04 bits per heavy atom. The average Bonchev–Trinajstić information content (AvgIpc) is 3.11. The first-order valence-corrected chi connectivity index (χ1v) is 8.45. The summed E-state index contributed by atoms with van der Waals surface area (Å²) < 4.78 is 21.7. The molecular formula is C19H22NO5+. The van der Waals surface area contributed by atoms with Crippen LogP contribution >= 0.6 is 0 Å². The molecule has 2 aliphatic rings. The minimum Gasteiger partial charge on any atom is -0.507 e. The summed E-state index contributed by atoms with van der Waals surface area (Å²) in [6.07, 6.45) is 0. The number of ether oxygens (including phenoxy) is 4. The van der Waals surface area contributed by atoms with Crippen LogP contribution < -0.4 is 19.1 Å². The number of phenolic OH excluding ortho intramolecular Hbond substituents is 1. The van der Waals surface area contributed by atoms with Crippen LogP contribution in [-0.2, 0) is 4.74 Å². The highest BCUT2D eigenvalue weighted by atomic mass is 16.7. The van der Waals surface area contributed by atoms with Crippen LogP contribution in [0.15, 0.2) is 36.4 Å². The highest BCUT2D eigenvalue weighted by Crippen LogP contribution is 2.40. The summed E-state index contributed by atoms with van der Waals surface area (Å²) in [4.78, 5) is 1.35. The third-order valence-electron chi connectivity index (χ3n) is 4.83. The summed E-state index contributed by atoms with van der Waals surface area (Å²) >= 11 is 0. The Morgan fingerprint density at radius 3 is 2.40 bits per heavy atom. The molecule has 0 bridgehead atoms. The SMILES string of the molecule is COc1ccc([C@H](c2cc3c(cc2O)OCO3)[NH+]2CCOCC2)cc1. The fourth-order valence-electron chi connectivity index (χ4n) is 3.53. The van der Waals surface area contributed by atoms with Crippen LogP contribution in [0.1, 0.15) is 17.2 Å². The normalized spacial score (nSPS) is 18.1. The van der Waals surface area contributed by atoms with Crippen molar-refractivity contribution in [3.63, 3.8) is 0 Å². The molecule has 0 aliphatic carbocycles. The molecule has 132 valence electrons. The summed E-state index contributed by atoms with van der Waals surface area (Å²) in [5.74, 6) is 2.31. The predicted octanol–water partition coefficient (Wildman–Crippen LogP) is 1.13. The quantitative estimate of drug-likeness (QED) is 0.871. The van der Waals surface area contributed by atoms with Crippen molar-refractivity contribution < 1.29 is 29.0 Å². The molecule has 2 N–H and O–H groups in total. The number of hydrogen-bond donors (Lipinski definition) is 2. The van der Waals surface area contributed by atoms with E-state index in [2.05, 4.69) is 12.1 Å². The molecule has 6 heteroatoms. The number of hydrogen-bond acceptors (Lipinski definition) is 5. The predicted molar refractivity (Wildman–Crippen MR) is 90.6 cm³/mol. The molecule has 1 saturated heterocycles. The number of aromatic hydroxyl groups is 1. The van der Waals surface area contributed by atoms with Gasteiger partial charge in [-0.3, -0.25) is 0 Å². The molecule has 2 aromatic carbocycles. The number of nitrogens with one attached hydrogen (secondary N) is 1. The number of fused-ring (bicyclic) bond motifs is 1. The molecule has 25 heavy (non-hydrogen) atoms. The zero-order chi connectivity index (χ0) is 17.2. The van der Waals surface area contributed by atoms with E-state index in [0.29, 0.717) is 24.7 Å². The molecule has 1 atom stereocenters. The molecule has 0 amide bonds. The van der Waals surface area contributed by atoms with Crippen LogP contribution in [0.4, 0.5) is 0 Å². The van der Waals surface area contributed by atoms with E-state index in [1.54, 1.807) is 13.2 Å². The van der Waals surface area contributed by atoms with E-state index >= 15 is 0 Å². The Hall–Kier alpha value is -2.44. The van der Waals surface area contributed by atoms with E-state index in [1.807, 2.05) is 18.2 Å². The zero-order valence-electron chi connectivity index (χ0n) is 14.2. The number of benzene rings is 2. The summed E-state index contributed by atoms with van der Waals surface area (Å²) in [5.41, 5.74) is 1.96. The summed E-state index contributed by atoms with van der Waals surface area (Å²) in [7, 11) is 1.66. The molecule has 4 rings (SSSR count). The van der Waals surface area contributed by atoms with Crippen LogP contribution in [0.3, 0.4) is 0 Å². The van der Waals surface area contributed by atoms with E-state index in [9.17, 15) is 5.11 Å². The van der Waals surface area contributed by atoms with Crippen molar-refractivity contribution in [2.45, 2.75) is 6.04 Å². The summed E-state index contributed by atoms with van der Waals surface area (Å²) in [6.45, 7) is 3.38. The molecule has 0 unspecified atom stereocenters. The van der Waals surface area contributed by atoms with E-state index in [0.717, 1.165) is 30.0 Å². The number of methoxy groups -OCH3 is 1. The summed E-state index contributed by atoms with van der Waals surface area (Å²) in [5, 5.41) is 10.6. The van der Waals surface area contributed by atoms with Gasteiger partial charge in [-0.1, -0.05) is 0 Å². The molecule has 2 aromatic rings. The van der Waals surface area contributed by atoms with Crippen molar-refractivity contribution in [3.05, 3.63) is 47.5 Å². The van der Waals surface area contributed by atoms with E-state index in [1.165, 1.54) is 4.90 Å². The first-order chi connectivity index (χ1) is 12.3. The van der Waals surface area contributed by atoms with Gasteiger partial charge >= 0.3 is 0 Å². The van der Waals surface area contributed by atoms with Crippen LogP contribution in [0.2, 0.25) is 0 Å². The van der Waals surface area contributed by atoms with E-state index < -0.39 is 0 Å². The Bertz CT molecular complexity index is 740. The van der Waals surface area contributed by atoms with E-state index in [-0.39, 0.29) is 18.6 Å². The standard InChI is InChI=1S/C19H21NO5/c1-22-14-4-2-13(3-5-14)19(20-6-8-23-9-7-20)15-10-17-18(11-16(15)21)25-12-24-17/h2-5,10-11,19,21H,6-9,12H2,1H3/p+1/t19-/m1/s1. The summed E-state index contributed by atoms with van der Waals surface area (Å²) in [6, 6.07) is 11.5. The Morgan fingerprint density at radius 2 is 1.72 bits per heavy atom. The lowest BCUT2D eigenvalue weighted by Crippen LogP contribution is -3.14. The van der Waals surface area contributed by atoms with E-state index in [4.69, 9.17) is 18.9 Å². The molecule has 0 aromatic heterocycles. The second kappa shape index (κ2) is 6.82. The maximum Gasteiger partial charge on any atom is 0.231 e. The molecule has 2 heterocycles. The second-order valence-corrected chi connectivity index (χ2v) is 6.24. The lowest BCUT2D eigenvalue weighted by molar-refractivity contribution is -0.933. The van der Waals surface area contributed by atoms with Crippen molar-refractivity contribution in [2.75, 3.05) is 40.2 Å². The van der Waals surface area contributed by atoms with Gasteiger partial charge in [0.25, 0.3) is 0 Å². The highest BCUT2D eigenvalue weighted by Gasteiger charge is 2.32. The van der Waals surface area contributed by atoms with Gasteiger partial charge in [-0.15, -0.1) is 0 Å². The molecule has 0 spiro atoms. The van der Waals surface area contributed by atoms with Crippen molar-refractivity contribution in [2.24, 2.45) is 0 Å². The minimum absolute atomic E-state index is 0.00990. The van der Waals surface area contributed by atoms with Crippen molar-refractivity contribution >= 4 is 0 Å². The Labute approximate surface area is 146 Å². The Balaban J connectivity index is 1.76. The first-order valence-electron chi connectivity index (χ1n) is 8.45. The van der Waals surface area contributed by atoms with Crippen LogP contribution in [0, 0.1) is 0 Å². The van der Waals surface area contributed by atoms with Crippen LogP contribution in [0.5, 0.6) is 23.0 Å². The van der Waals surface area contributed by atoms with Gasteiger partial charge in [0, 0.05) is 11.6 Å². The van der Waals surface area contributed by atoms with Gasteiger partial charge in [0.1, 0.15) is 30.6 Å². The highest BCUT2D eigenvalue weighted by molar-refractivity contribution is 5.53. The van der Waals surface area contributed by atoms with Crippen LogP contribution in [0.25, 0.3) is 0 Å².